The zero-order valence-corrected chi connectivity index (χ0v) is 19.0. The molecule has 1 fully saturated rings. The normalized spacial score (nSPS) is 13.4. The molecule has 0 saturated carbocycles. The van der Waals surface area contributed by atoms with Crippen molar-refractivity contribution in [3.63, 3.8) is 0 Å². The maximum Gasteiger partial charge on any atom is 0.312 e. The third-order valence-electron chi connectivity index (χ3n) is 5.46. The van der Waals surface area contributed by atoms with Crippen molar-refractivity contribution < 1.29 is 23.5 Å². The first-order valence-electron chi connectivity index (χ1n) is 11.1. The number of aromatic nitrogens is 2. The van der Waals surface area contributed by atoms with Gasteiger partial charge in [0.05, 0.1) is 13.7 Å². The van der Waals surface area contributed by atoms with Gasteiger partial charge in [-0.2, -0.15) is 0 Å². The number of rotatable bonds is 8. The van der Waals surface area contributed by atoms with Crippen molar-refractivity contribution in [2.45, 2.75) is 19.3 Å². The number of primary amides is 1. The van der Waals surface area contributed by atoms with Gasteiger partial charge in [0, 0.05) is 36.5 Å². The van der Waals surface area contributed by atoms with E-state index in [0.717, 1.165) is 24.8 Å². The highest BCUT2D eigenvalue weighted by atomic mass is 16.5. The molecule has 4 rings (SSSR count). The van der Waals surface area contributed by atoms with Crippen LogP contribution in [-0.4, -0.2) is 60.2 Å². The number of oxazole rings is 1. The van der Waals surface area contributed by atoms with Crippen LogP contribution in [0.25, 0.3) is 22.6 Å². The van der Waals surface area contributed by atoms with Crippen LogP contribution < -0.4 is 20.5 Å². The minimum Gasteiger partial charge on any atom is -0.492 e. The van der Waals surface area contributed by atoms with E-state index < -0.39 is 6.03 Å². The Morgan fingerprint density at radius 2 is 1.82 bits per heavy atom. The number of nitrogens with zero attached hydrogens (tertiary/aromatic N) is 3. The van der Waals surface area contributed by atoms with E-state index in [1.165, 1.54) is 0 Å². The quantitative estimate of drug-likeness (QED) is 0.489. The van der Waals surface area contributed by atoms with Crippen LogP contribution in [-0.2, 0) is 0 Å². The number of likely N-dealkylation sites (tertiary alicyclic amines) is 1. The molecule has 2 aromatic heterocycles. The van der Waals surface area contributed by atoms with E-state index in [4.69, 9.17) is 19.6 Å². The molecule has 0 atom stereocenters. The fraction of sp³-hybridized carbons (Fsp3) is 0.333. The van der Waals surface area contributed by atoms with Gasteiger partial charge >= 0.3 is 11.9 Å². The van der Waals surface area contributed by atoms with Gasteiger partial charge in [-0.25, -0.2) is 14.8 Å². The van der Waals surface area contributed by atoms with Gasteiger partial charge in [0.1, 0.15) is 18.1 Å². The fourth-order valence-electron chi connectivity index (χ4n) is 3.72. The molecule has 1 aliphatic rings. The van der Waals surface area contributed by atoms with E-state index in [1.807, 2.05) is 18.2 Å². The van der Waals surface area contributed by atoms with Crippen molar-refractivity contribution in [3.8, 4) is 34.2 Å². The molecule has 3 heterocycles. The highest BCUT2D eigenvalue weighted by molar-refractivity contribution is 5.92. The smallest absolute Gasteiger partial charge is 0.312 e. The average Bonchev–Trinajstić information content (AvgIpc) is 3.32. The minimum atomic E-state index is -0.597. The molecular weight excluding hydrogens is 438 g/mol. The third kappa shape index (κ3) is 5.45. The van der Waals surface area contributed by atoms with Crippen molar-refractivity contribution >= 4 is 11.9 Å². The van der Waals surface area contributed by atoms with Gasteiger partial charge in [-0.1, -0.05) is 0 Å². The average molecular weight is 466 g/mol. The predicted octanol–water partition coefficient (Wildman–Crippen LogP) is 3.09. The standard InChI is InChI=1S/C24H27N5O5/c1-32-19-10-7-17(15-27-19)20-21(34-22(28-20)23(30)29-12-3-2-4-13-29)16-5-8-18(9-6-16)33-14-11-26-24(25)31/h5-10,15H,2-4,11-14H2,1H3,(H3,25,26,31). The van der Waals surface area contributed by atoms with Gasteiger partial charge in [0.15, 0.2) is 5.76 Å². The molecular formula is C24H27N5O5. The summed E-state index contributed by atoms with van der Waals surface area (Å²) < 4.78 is 16.8. The molecule has 10 heteroatoms. The molecule has 178 valence electrons. The topological polar surface area (TPSA) is 133 Å². The summed E-state index contributed by atoms with van der Waals surface area (Å²) in [6.45, 7) is 1.98. The van der Waals surface area contributed by atoms with Gasteiger partial charge in [0.2, 0.25) is 5.88 Å². The summed E-state index contributed by atoms with van der Waals surface area (Å²) >= 11 is 0. The lowest BCUT2D eigenvalue weighted by atomic mass is 10.1. The van der Waals surface area contributed by atoms with Crippen LogP contribution in [0.5, 0.6) is 11.6 Å². The number of ether oxygens (including phenoxy) is 2. The second kappa shape index (κ2) is 10.7. The number of pyridine rings is 1. The summed E-state index contributed by atoms with van der Waals surface area (Å²) in [6.07, 6.45) is 4.71. The Labute approximate surface area is 197 Å². The third-order valence-corrected chi connectivity index (χ3v) is 5.46. The van der Waals surface area contributed by atoms with Crippen LogP contribution in [0.1, 0.15) is 29.9 Å². The Kier molecular flexibility index (Phi) is 7.26. The fourth-order valence-corrected chi connectivity index (χ4v) is 3.72. The van der Waals surface area contributed by atoms with Crippen LogP contribution >= 0.6 is 0 Å². The monoisotopic (exact) mass is 465 g/mol. The molecule has 0 unspecified atom stereocenters. The lowest BCUT2D eigenvalue weighted by molar-refractivity contribution is 0.0685. The second-order valence-corrected chi connectivity index (χ2v) is 7.80. The van der Waals surface area contributed by atoms with Crippen molar-refractivity contribution in [1.29, 1.82) is 0 Å². The van der Waals surface area contributed by atoms with Crippen LogP contribution in [0.3, 0.4) is 0 Å². The molecule has 0 bridgehead atoms. The van der Waals surface area contributed by atoms with Crippen molar-refractivity contribution in [2.24, 2.45) is 5.73 Å². The van der Waals surface area contributed by atoms with E-state index in [0.29, 0.717) is 48.3 Å². The number of hydrogen-bond donors (Lipinski definition) is 2. The van der Waals surface area contributed by atoms with Gasteiger partial charge in [0.25, 0.3) is 5.89 Å². The van der Waals surface area contributed by atoms with Gasteiger partial charge < -0.3 is 29.8 Å². The van der Waals surface area contributed by atoms with E-state index in [9.17, 15) is 9.59 Å². The zero-order valence-electron chi connectivity index (χ0n) is 19.0. The Hall–Kier alpha value is -4.08. The molecule has 3 N–H and O–H groups in total. The Morgan fingerprint density at radius 3 is 2.47 bits per heavy atom. The van der Waals surface area contributed by atoms with Crippen LogP contribution in [0.2, 0.25) is 0 Å². The summed E-state index contributed by atoms with van der Waals surface area (Å²) in [5.41, 5.74) is 7.01. The molecule has 1 aromatic carbocycles. The van der Waals surface area contributed by atoms with E-state index in [-0.39, 0.29) is 18.4 Å². The molecule has 10 nitrogen and oxygen atoms in total. The lowest BCUT2D eigenvalue weighted by Gasteiger charge is -2.25. The van der Waals surface area contributed by atoms with Crippen LogP contribution in [0.15, 0.2) is 47.0 Å². The summed E-state index contributed by atoms with van der Waals surface area (Å²) in [6, 6.07) is 10.2. The Morgan fingerprint density at radius 1 is 1.09 bits per heavy atom. The van der Waals surface area contributed by atoms with Crippen LogP contribution in [0.4, 0.5) is 4.79 Å². The SMILES string of the molecule is COc1ccc(-c2nc(C(=O)N3CCCCC3)oc2-c2ccc(OCCNC(N)=O)cc2)cn1. The van der Waals surface area contributed by atoms with Crippen LogP contribution in [0, 0.1) is 0 Å². The molecule has 1 saturated heterocycles. The number of nitrogens with two attached hydrogens (primary N) is 1. The Bertz CT molecular complexity index is 1120. The number of amides is 3. The predicted molar refractivity (Wildman–Crippen MR) is 125 cm³/mol. The molecule has 0 aliphatic carbocycles. The molecule has 3 aromatic rings. The number of hydrogen-bond acceptors (Lipinski definition) is 7. The molecule has 0 spiro atoms. The first-order valence-corrected chi connectivity index (χ1v) is 11.1. The summed E-state index contributed by atoms with van der Waals surface area (Å²) in [5, 5.41) is 2.47. The largest absolute Gasteiger partial charge is 0.492 e. The van der Waals surface area contributed by atoms with Crippen molar-refractivity contribution in [1.82, 2.24) is 20.2 Å². The number of benzene rings is 1. The highest BCUT2D eigenvalue weighted by Crippen LogP contribution is 2.34. The number of piperidine rings is 1. The molecule has 34 heavy (non-hydrogen) atoms. The van der Waals surface area contributed by atoms with Crippen molar-refractivity contribution in [3.05, 3.63) is 48.5 Å². The zero-order chi connectivity index (χ0) is 23.9. The summed E-state index contributed by atoms with van der Waals surface area (Å²) in [4.78, 5) is 34.4. The van der Waals surface area contributed by atoms with E-state index >= 15 is 0 Å². The summed E-state index contributed by atoms with van der Waals surface area (Å²) in [7, 11) is 1.55. The number of carbonyl (C=O) groups is 2. The number of nitrogens with one attached hydrogen (secondary N) is 1. The Balaban J connectivity index is 1.61. The summed E-state index contributed by atoms with van der Waals surface area (Å²) in [5.74, 6) is 1.41. The van der Waals surface area contributed by atoms with Gasteiger partial charge in [-0.3, -0.25) is 4.79 Å². The maximum absolute atomic E-state index is 13.1. The number of methoxy groups -OCH3 is 1. The first kappa shape index (κ1) is 23.1. The molecule has 3 amide bonds. The molecule has 0 radical (unpaired) electrons. The maximum atomic E-state index is 13.1. The first-order chi connectivity index (χ1) is 16.5. The van der Waals surface area contributed by atoms with Gasteiger partial charge in [-0.15, -0.1) is 0 Å². The van der Waals surface area contributed by atoms with E-state index in [2.05, 4.69) is 15.3 Å². The minimum absolute atomic E-state index is 0.0561. The van der Waals surface area contributed by atoms with Gasteiger partial charge in [-0.05, 0) is 49.6 Å². The number of carbonyl (C=O) groups excluding carboxylic acids is 2. The number of urea groups is 1. The lowest BCUT2D eigenvalue weighted by Crippen LogP contribution is -2.35. The van der Waals surface area contributed by atoms with Crippen molar-refractivity contribution in [2.75, 3.05) is 33.4 Å². The second-order valence-electron chi connectivity index (χ2n) is 7.80. The van der Waals surface area contributed by atoms with E-state index in [1.54, 1.807) is 36.4 Å². The molecule has 1 aliphatic heterocycles. The highest BCUT2D eigenvalue weighted by Gasteiger charge is 2.26.